The van der Waals surface area contributed by atoms with Crippen molar-refractivity contribution >= 4 is 29.3 Å². The third-order valence-corrected chi connectivity index (χ3v) is 4.40. The number of piperidine rings is 1. The van der Waals surface area contributed by atoms with Gasteiger partial charge in [-0.1, -0.05) is 29.8 Å². The van der Waals surface area contributed by atoms with Crippen molar-refractivity contribution in [3.63, 3.8) is 0 Å². The highest BCUT2D eigenvalue weighted by molar-refractivity contribution is 6.21. The number of hydrogen-bond donors (Lipinski definition) is 2. The number of carbonyl (C=O) groups is 2. The van der Waals surface area contributed by atoms with Gasteiger partial charge in [0.05, 0.1) is 5.41 Å². The van der Waals surface area contributed by atoms with Gasteiger partial charge >= 0.3 is 6.09 Å². The summed E-state index contributed by atoms with van der Waals surface area (Å²) in [4.78, 5) is 24.5. The summed E-state index contributed by atoms with van der Waals surface area (Å²) in [6.45, 7) is 0.269. The average Bonchev–Trinajstić information content (AvgIpc) is 2.63. The number of benzene rings is 1. The lowest BCUT2D eigenvalue weighted by molar-refractivity contribution is -0.122. The number of alkyl halides is 1. The van der Waals surface area contributed by atoms with Crippen molar-refractivity contribution in [1.29, 1.82) is 0 Å². The average molecular weight is 281 g/mol. The summed E-state index contributed by atoms with van der Waals surface area (Å²) in [6.07, 6.45) is -0.267. The molecule has 1 aromatic carbocycles. The summed E-state index contributed by atoms with van der Waals surface area (Å²) in [5, 5.41) is 11.9. The molecule has 19 heavy (non-hydrogen) atoms. The molecule has 6 heteroatoms. The Balaban J connectivity index is 1.98. The van der Waals surface area contributed by atoms with E-state index in [1.54, 1.807) is 0 Å². The maximum absolute atomic E-state index is 12.3. The number of likely N-dealkylation sites (tertiary alicyclic amines) is 1. The summed E-state index contributed by atoms with van der Waals surface area (Å²) in [7, 11) is 0. The van der Waals surface area contributed by atoms with E-state index in [1.807, 2.05) is 24.3 Å². The maximum Gasteiger partial charge on any atom is 0.408 e. The van der Waals surface area contributed by atoms with Crippen molar-refractivity contribution in [2.24, 2.45) is 0 Å². The molecule has 2 N–H and O–H groups in total. The van der Waals surface area contributed by atoms with E-state index in [1.165, 1.54) is 4.90 Å². The zero-order valence-electron chi connectivity index (χ0n) is 10.1. The smallest absolute Gasteiger partial charge is 0.408 e. The molecule has 0 bridgehead atoms. The molecule has 2 amide bonds. The van der Waals surface area contributed by atoms with Crippen molar-refractivity contribution in [2.75, 3.05) is 11.9 Å². The number of fused-ring (bicyclic) bond motifs is 2. The van der Waals surface area contributed by atoms with Crippen LogP contribution in [0.1, 0.15) is 18.4 Å². The van der Waals surface area contributed by atoms with E-state index in [9.17, 15) is 9.59 Å². The second kappa shape index (κ2) is 4.13. The number of nitrogens with one attached hydrogen (secondary N) is 1. The third kappa shape index (κ3) is 1.69. The second-order valence-corrected chi connectivity index (χ2v) is 5.45. The van der Waals surface area contributed by atoms with Crippen LogP contribution in [-0.2, 0) is 10.2 Å². The van der Waals surface area contributed by atoms with Crippen LogP contribution in [0.4, 0.5) is 10.5 Å². The van der Waals surface area contributed by atoms with E-state index >= 15 is 0 Å². The normalized spacial score (nSPS) is 29.2. The second-order valence-electron chi connectivity index (χ2n) is 4.95. The molecule has 2 atom stereocenters. The fourth-order valence-electron chi connectivity index (χ4n) is 2.99. The Kier molecular flexibility index (Phi) is 2.67. The molecule has 0 aromatic heterocycles. The minimum atomic E-state index is -1.04. The van der Waals surface area contributed by atoms with Gasteiger partial charge in [0.2, 0.25) is 5.91 Å². The molecule has 0 radical (unpaired) electrons. The molecule has 1 fully saturated rings. The molecule has 1 saturated heterocycles. The number of carbonyl (C=O) groups excluding carboxylic acids is 1. The maximum atomic E-state index is 12.3. The Hall–Kier alpha value is -1.75. The van der Waals surface area contributed by atoms with E-state index in [0.717, 1.165) is 11.3 Å². The van der Waals surface area contributed by atoms with Gasteiger partial charge in [-0.3, -0.25) is 9.69 Å². The molecule has 100 valence electrons. The number of halogens is 1. The molecule has 1 aromatic rings. The van der Waals surface area contributed by atoms with Gasteiger partial charge in [-0.2, -0.15) is 0 Å². The predicted molar refractivity (Wildman–Crippen MR) is 70.4 cm³/mol. The van der Waals surface area contributed by atoms with Gasteiger partial charge in [0.1, 0.15) is 5.50 Å². The van der Waals surface area contributed by atoms with Crippen LogP contribution in [0.2, 0.25) is 0 Å². The number of rotatable bonds is 0. The number of amides is 2. The first-order valence-electron chi connectivity index (χ1n) is 6.09. The molecule has 1 spiro atoms. The fourth-order valence-corrected chi connectivity index (χ4v) is 3.44. The minimum absolute atomic E-state index is 0.0793. The van der Waals surface area contributed by atoms with Crippen LogP contribution >= 0.6 is 11.6 Å². The third-order valence-electron chi connectivity index (χ3n) is 4.01. The van der Waals surface area contributed by atoms with E-state index in [2.05, 4.69) is 5.32 Å². The molecule has 2 heterocycles. The molecule has 0 saturated carbocycles. The summed E-state index contributed by atoms with van der Waals surface area (Å²) in [5.74, 6) is -0.0793. The van der Waals surface area contributed by atoms with Crippen LogP contribution in [0.5, 0.6) is 0 Å². The van der Waals surface area contributed by atoms with Crippen molar-refractivity contribution in [3.05, 3.63) is 29.8 Å². The zero-order valence-corrected chi connectivity index (χ0v) is 10.9. The van der Waals surface area contributed by atoms with Crippen LogP contribution in [0.15, 0.2) is 24.3 Å². The Morgan fingerprint density at radius 2 is 2.21 bits per heavy atom. The number of carboxylic acid groups (broad SMARTS) is 1. The van der Waals surface area contributed by atoms with Gasteiger partial charge in [0, 0.05) is 18.7 Å². The van der Waals surface area contributed by atoms with E-state index < -0.39 is 17.0 Å². The monoisotopic (exact) mass is 280 g/mol. The van der Waals surface area contributed by atoms with Crippen molar-refractivity contribution in [1.82, 2.24) is 4.90 Å². The number of para-hydroxylation sites is 1. The first-order valence-corrected chi connectivity index (χ1v) is 6.53. The van der Waals surface area contributed by atoms with E-state index in [-0.39, 0.29) is 12.5 Å². The van der Waals surface area contributed by atoms with Crippen molar-refractivity contribution < 1.29 is 14.7 Å². The molecule has 0 aliphatic carbocycles. The first kappa shape index (κ1) is 12.3. The quantitative estimate of drug-likeness (QED) is 0.565. The van der Waals surface area contributed by atoms with Gasteiger partial charge in [-0.15, -0.1) is 0 Å². The zero-order chi connectivity index (χ0) is 13.6. The van der Waals surface area contributed by atoms with Crippen molar-refractivity contribution in [3.8, 4) is 0 Å². The number of hydrogen-bond acceptors (Lipinski definition) is 2. The highest BCUT2D eigenvalue weighted by atomic mass is 35.5. The largest absolute Gasteiger partial charge is 0.465 e. The predicted octanol–water partition coefficient (Wildman–Crippen LogP) is 2.22. The Labute approximate surface area is 115 Å². The SMILES string of the molecule is O=C(O)N1CCC2(CC1Cl)C(=O)Nc1ccccc12. The van der Waals surface area contributed by atoms with Crippen LogP contribution in [0.3, 0.4) is 0 Å². The summed E-state index contributed by atoms with van der Waals surface area (Å²) in [6, 6.07) is 7.51. The molecule has 2 unspecified atom stereocenters. The summed E-state index contributed by atoms with van der Waals surface area (Å²) < 4.78 is 0. The van der Waals surface area contributed by atoms with Crippen LogP contribution in [-0.4, -0.2) is 34.1 Å². The molecule has 2 aliphatic heterocycles. The molecule has 5 nitrogen and oxygen atoms in total. The highest BCUT2D eigenvalue weighted by Crippen LogP contribution is 2.46. The lowest BCUT2D eigenvalue weighted by Crippen LogP contribution is -2.51. The topological polar surface area (TPSA) is 69.6 Å². The van der Waals surface area contributed by atoms with Gasteiger partial charge < -0.3 is 10.4 Å². The molecular formula is C13H13ClN2O3. The van der Waals surface area contributed by atoms with Crippen molar-refractivity contribution in [2.45, 2.75) is 23.8 Å². The standard InChI is InChI=1S/C13H13ClN2O3/c14-10-7-13(5-6-16(10)12(18)19)8-3-1-2-4-9(8)15-11(13)17/h1-4,10H,5-7H2,(H,15,17)(H,18,19). The molecule has 2 aliphatic rings. The van der Waals surface area contributed by atoms with E-state index in [0.29, 0.717) is 12.8 Å². The van der Waals surface area contributed by atoms with Crippen LogP contribution < -0.4 is 5.32 Å². The molecular weight excluding hydrogens is 268 g/mol. The number of anilines is 1. The van der Waals surface area contributed by atoms with Gasteiger partial charge in [0.15, 0.2) is 0 Å². The van der Waals surface area contributed by atoms with Gasteiger partial charge in [0.25, 0.3) is 0 Å². The Morgan fingerprint density at radius 3 is 2.89 bits per heavy atom. The lowest BCUT2D eigenvalue weighted by Gasteiger charge is -2.39. The Bertz CT molecular complexity index is 563. The van der Waals surface area contributed by atoms with Gasteiger partial charge in [-0.05, 0) is 18.1 Å². The van der Waals surface area contributed by atoms with Gasteiger partial charge in [-0.25, -0.2) is 4.79 Å². The van der Waals surface area contributed by atoms with Crippen LogP contribution in [0.25, 0.3) is 0 Å². The molecule has 3 rings (SSSR count). The first-order chi connectivity index (χ1) is 9.04. The fraction of sp³-hybridized carbons (Fsp3) is 0.385. The summed E-state index contributed by atoms with van der Waals surface area (Å²) >= 11 is 6.14. The number of nitrogens with zero attached hydrogens (tertiary/aromatic N) is 1. The Morgan fingerprint density at radius 1 is 1.47 bits per heavy atom. The van der Waals surface area contributed by atoms with Crippen LogP contribution in [0, 0.1) is 0 Å². The minimum Gasteiger partial charge on any atom is -0.465 e. The highest BCUT2D eigenvalue weighted by Gasteiger charge is 2.51. The van der Waals surface area contributed by atoms with E-state index in [4.69, 9.17) is 16.7 Å². The lowest BCUT2D eigenvalue weighted by atomic mass is 9.73. The summed E-state index contributed by atoms with van der Waals surface area (Å²) in [5.41, 5.74) is 0.369.